The second kappa shape index (κ2) is 15.5. The lowest BCUT2D eigenvalue weighted by Gasteiger charge is -2.30. The molecule has 4 aromatic carbocycles. The van der Waals surface area contributed by atoms with Crippen LogP contribution in [0, 0.1) is 17.8 Å². The van der Waals surface area contributed by atoms with E-state index in [1.165, 1.54) is 0 Å². The lowest BCUT2D eigenvalue weighted by Crippen LogP contribution is -2.54. The van der Waals surface area contributed by atoms with Gasteiger partial charge in [-0.1, -0.05) is 97.7 Å². The molecule has 0 radical (unpaired) electrons. The third kappa shape index (κ3) is 7.92. The molecule has 248 valence electrons. The van der Waals surface area contributed by atoms with E-state index in [2.05, 4.69) is 16.8 Å². The van der Waals surface area contributed by atoms with Crippen molar-refractivity contribution in [2.75, 3.05) is 16.3 Å². The summed E-state index contributed by atoms with van der Waals surface area (Å²) in [6.45, 7) is 8.17. The standard InChI is InChI=1S/C39H40Cl2N4O3/c1-4-11-31(37(42)46)32(20-25(2)3)38(47)43-34-24-44(29-14-6-5-7-15-29)35-16-8-9-17-36(35)45(39(34)48)23-26-12-10-13-27(21-26)30-19-18-28(40)22-33(30)41/h4-10,12-19,21-22,25,31-32,34H,1,11,20,23-24H2,2-3H3,(H2,42,46)(H,43,47)/t31-,32+,34?/m0/s1. The summed E-state index contributed by atoms with van der Waals surface area (Å²) in [4.78, 5) is 45.1. The molecule has 1 aliphatic heterocycles. The van der Waals surface area contributed by atoms with Crippen LogP contribution in [0.5, 0.6) is 0 Å². The Kier molecular flexibility index (Phi) is 11.2. The van der Waals surface area contributed by atoms with Crippen molar-refractivity contribution in [1.29, 1.82) is 0 Å². The molecule has 0 saturated carbocycles. The Bertz CT molecular complexity index is 1800. The van der Waals surface area contributed by atoms with Crippen LogP contribution >= 0.6 is 23.2 Å². The molecule has 3 amide bonds. The average Bonchev–Trinajstić information content (AvgIpc) is 3.17. The highest BCUT2D eigenvalue weighted by Crippen LogP contribution is 2.39. The van der Waals surface area contributed by atoms with E-state index in [1.807, 2.05) is 98.8 Å². The predicted molar refractivity (Wildman–Crippen MR) is 195 cm³/mol. The van der Waals surface area contributed by atoms with E-state index >= 15 is 0 Å². The minimum absolute atomic E-state index is 0.111. The molecule has 3 N–H and O–H groups in total. The summed E-state index contributed by atoms with van der Waals surface area (Å²) < 4.78 is 0. The number of amides is 3. The van der Waals surface area contributed by atoms with Crippen LogP contribution in [0.25, 0.3) is 11.1 Å². The number of nitrogens with one attached hydrogen (secondary N) is 1. The van der Waals surface area contributed by atoms with E-state index in [1.54, 1.807) is 23.1 Å². The Labute approximate surface area is 292 Å². The Morgan fingerprint density at radius 3 is 2.31 bits per heavy atom. The number of nitrogens with zero attached hydrogens (tertiary/aromatic N) is 2. The summed E-state index contributed by atoms with van der Waals surface area (Å²) in [6, 6.07) is 29.8. The van der Waals surface area contributed by atoms with Crippen LogP contribution in [0.4, 0.5) is 17.1 Å². The molecule has 0 bridgehead atoms. The molecule has 3 atom stereocenters. The average molecular weight is 684 g/mol. The van der Waals surface area contributed by atoms with Crippen molar-refractivity contribution in [3.8, 4) is 11.1 Å². The van der Waals surface area contributed by atoms with E-state index in [0.29, 0.717) is 22.2 Å². The van der Waals surface area contributed by atoms with Gasteiger partial charge in [-0.25, -0.2) is 0 Å². The Hall–Kier alpha value is -4.59. The second-order valence-electron chi connectivity index (χ2n) is 12.5. The lowest BCUT2D eigenvalue weighted by atomic mass is 9.82. The second-order valence-corrected chi connectivity index (χ2v) is 13.4. The molecule has 5 rings (SSSR count). The minimum atomic E-state index is -0.939. The maximum Gasteiger partial charge on any atom is 0.251 e. The molecule has 9 heteroatoms. The van der Waals surface area contributed by atoms with Crippen LogP contribution in [0.3, 0.4) is 0 Å². The number of carbonyl (C=O) groups excluding carboxylic acids is 3. The summed E-state index contributed by atoms with van der Waals surface area (Å²) in [5, 5.41) is 4.14. The van der Waals surface area contributed by atoms with Gasteiger partial charge in [-0.3, -0.25) is 14.4 Å². The van der Waals surface area contributed by atoms with Gasteiger partial charge >= 0.3 is 0 Å². The van der Waals surface area contributed by atoms with Crippen LogP contribution < -0.4 is 20.9 Å². The number of anilines is 3. The first-order valence-corrected chi connectivity index (χ1v) is 16.8. The van der Waals surface area contributed by atoms with E-state index in [-0.39, 0.29) is 37.2 Å². The number of halogens is 2. The normalized spacial score (nSPS) is 15.8. The molecule has 4 aromatic rings. The number of fused-ring (bicyclic) bond motifs is 1. The number of hydrogen-bond acceptors (Lipinski definition) is 4. The van der Waals surface area contributed by atoms with Gasteiger partial charge in [0.2, 0.25) is 11.8 Å². The molecule has 48 heavy (non-hydrogen) atoms. The number of para-hydroxylation sites is 3. The Balaban J connectivity index is 1.56. The number of hydrogen-bond donors (Lipinski definition) is 2. The zero-order valence-corrected chi connectivity index (χ0v) is 28.6. The molecule has 1 heterocycles. The van der Waals surface area contributed by atoms with Gasteiger partial charge in [-0.2, -0.15) is 0 Å². The molecule has 0 aliphatic carbocycles. The maximum absolute atomic E-state index is 14.7. The first-order valence-electron chi connectivity index (χ1n) is 16.0. The van der Waals surface area contributed by atoms with Crippen molar-refractivity contribution in [3.63, 3.8) is 0 Å². The van der Waals surface area contributed by atoms with Crippen LogP contribution in [0.1, 0.15) is 32.3 Å². The number of allylic oxidation sites excluding steroid dienone is 1. The quantitative estimate of drug-likeness (QED) is 0.147. The summed E-state index contributed by atoms with van der Waals surface area (Å²) in [5.41, 5.74) is 10.8. The lowest BCUT2D eigenvalue weighted by molar-refractivity contribution is -0.135. The van der Waals surface area contributed by atoms with Gasteiger partial charge in [-0.05, 0) is 72.4 Å². The third-order valence-electron chi connectivity index (χ3n) is 8.62. The Morgan fingerprint density at radius 1 is 0.938 bits per heavy atom. The van der Waals surface area contributed by atoms with E-state index < -0.39 is 23.8 Å². The van der Waals surface area contributed by atoms with Gasteiger partial charge < -0.3 is 20.9 Å². The molecule has 0 spiro atoms. The predicted octanol–water partition coefficient (Wildman–Crippen LogP) is 8.17. The molecule has 0 saturated heterocycles. The minimum Gasteiger partial charge on any atom is -0.369 e. The van der Waals surface area contributed by atoms with Gasteiger partial charge in [0, 0.05) is 21.3 Å². The topological polar surface area (TPSA) is 95.7 Å². The zero-order valence-electron chi connectivity index (χ0n) is 27.1. The van der Waals surface area contributed by atoms with Crippen molar-refractivity contribution >= 4 is 58.0 Å². The molecule has 1 unspecified atom stereocenters. The van der Waals surface area contributed by atoms with Crippen molar-refractivity contribution in [2.45, 2.75) is 39.3 Å². The molecular weight excluding hydrogens is 643 g/mol. The number of benzene rings is 4. The summed E-state index contributed by atoms with van der Waals surface area (Å²) in [5.74, 6) is -2.58. The van der Waals surface area contributed by atoms with E-state index in [4.69, 9.17) is 28.9 Å². The molecule has 7 nitrogen and oxygen atoms in total. The van der Waals surface area contributed by atoms with Crippen molar-refractivity contribution in [2.24, 2.45) is 23.5 Å². The number of carbonyl (C=O) groups is 3. The van der Waals surface area contributed by atoms with E-state index in [9.17, 15) is 14.4 Å². The summed E-state index contributed by atoms with van der Waals surface area (Å²) in [6.07, 6.45) is 2.30. The van der Waals surface area contributed by atoms with Crippen molar-refractivity contribution < 1.29 is 14.4 Å². The molecular formula is C39H40Cl2N4O3. The number of primary amides is 1. The van der Waals surface area contributed by atoms with Gasteiger partial charge in [0.25, 0.3) is 5.91 Å². The first kappa shape index (κ1) is 34.7. The summed E-state index contributed by atoms with van der Waals surface area (Å²) >= 11 is 12.7. The highest BCUT2D eigenvalue weighted by molar-refractivity contribution is 6.36. The largest absolute Gasteiger partial charge is 0.369 e. The maximum atomic E-state index is 14.7. The number of rotatable bonds is 12. The fraction of sp³-hybridized carbons (Fsp3) is 0.256. The van der Waals surface area contributed by atoms with Gasteiger partial charge in [0.05, 0.1) is 36.3 Å². The molecule has 1 aliphatic rings. The first-order chi connectivity index (χ1) is 23.1. The highest BCUT2D eigenvalue weighted by Gasteiger charge is 2.39. The van der Waals surface area contributed by atoms with Crippen LogP contribution in [-0.2, 0) is 20.9 Å². The van der Waals surface area contributed by atoms with E-state index in [0.717, 1.165) is 28.1 Å². The highest BCUT2D eigenvalue weighted by atomic mass is 35.5. The van der Waals surface area contributed by atoms with Crippen molar-refractivity contribution in [1.82, 2.24) is 5.32 Å². The van der Waals surface area contributed by atoms with Crippen LogP contribution in [0.2, 0.25) is 10.0 Å². The SMILES string of the molecule is C=CC[C@H](C(N)=O)[C@@H](CC(C)C)C(=O)NC1CN(c2ccccc2)c2ccccc2N(Cc2cccc(-c3ccc(Cl)cc3Cl)c2)C1=O. The van der Waals surface area contributed by atoms with Gasteiger partial charge in [0.1, 0.15) is 6.04 Å². The molecule has 0 fully saturated rings. The van der Waals surface area contributed by atoms with Crippen LogP contribution in [0.15, 0.2) is 110 Å². The summed E-state index contributed by atoms with van der Waals surface area (Å²) in [7, 11) is 0. The smallest absolute Gasteiger partial charge is 0.251 e. The fourth-order valence-corrected chi connectivity index (χ4v) is 6.87. The Morgan fingerprint density at radius 2 is 1.65 bits per heavy atom. The van der Waals surface area contributed by atoms with Crippen molar-refractivity contribution in [3.05, 3.63) is 125 Å². The van der Waals surface area contributed by atoms with Gasteiger partial charge in [0.15, 0.2) is 0 Å². The zero-order chi connectivity index (χ0) is 34.4. The third-order valence-corrected chi connectivity index (χ3v) is 9.17. The van der Waals surface area contributed by atoms with Crippen LogP contribution in [-0.4, -0.2) is 30.3 Å². The fourth-order valence-electron chi connectivity index (χ4n) is 6.35. The molecule has 0 aromatic heterocycles. The van der Waals surface area contributed by atoms with Gasteiger partial charge in [-0.15, -0.1) is 6.58 Å². The number of nitrogens with two attached hydrogens (primary N) is 1. The monoisotopic (exact) mass is 682 g/mol.